The van der Waals surface area contributed by atoms with Gasteiger partial charge in [-0.15, -0.1) is 0 Å². The summed E-state index contributed by atoms with van der Waals surface area (Å²) >= 11 is 0. The fraction of sp³-hybridized carbons (Fsp3) is 0.211. The van der Waals surface area contributed by atoms with Crippen molar-refractivity contribution >= 4 is 22.5 Å². The maximum absolute atomic E-state index is 12.4. The van der Waals surface area contributed by atoms with Crippen LogP contribution in [0.3, 0.4) is 0 Å². The van der Waals surface area contributed by atoms with E-state index in [4.69, 9.17) is 9.47 Å². The fourth-order valence-corrected chi connectivity index (χ4v) is 2.60. The molecule has 26 heavy (non-hydrogen) atoms. The molecule has 1 heterocycles. The third-order valence-corrected chi connectivity index (χ3v) is 3.99. The number of benzene rings is 2. The van der Waals surface area contributed by atoms with Crippen LogP contribution in [0.4, 0.5) is 5.69 Å². The normalized spacial score (nSPS) is 10.5. The van der Waals surface area contributed by atoms with E-state index in [1.54, 1.807) is 43.5 Å². The number of rotatable bonds is 6. The topological polar surface area (TPSA) is 82.5 Å². The molecule has 3 rings (SSSR count). The van der Waals surface area contributed by atoms with Crippen LogP contribution in [0.15, 0.2) is 53.6 Å². The first-order chi connectivity index (χ1) is 12.6. The van der Waals surface area contributed by atoms with Crippen molar-refractivity contribution in [1.82, 2.24) is 9.55 Å². The number of ether oxygens (including phenoxy) is 2. The van der Waals surface area contributed by atoms with Crippen molar-refractivity contribution in [3.8, 4) is 11.5 Å². The van der Waals surface area contributed by atoms with Gasteiger partial charge in [0.15, 0.2) is 0 Å². The van der Waals surface area contributed by atoms with Gasteiger partial charge < -0.3 is 14.8 Å². The van der Waals surface area contributed by atoms with E-state index in [1.165, 1.54) is 18.0 Å². The van der Waals surface area contributed by atoms with Crippen LogP contribution in [0, 0.1) is 0 Å². The zero-order valence-corrected chi connectivity index (χ0v) is 14.6. The average Bonchev–Trinajstić information content (AvgIpc) is 2.68. The van der Waals surface area contributed by atoms with Crippen LogP contribution >= 0.6 is 0 Å². The average molecular weight is 353 g/mol. The Labute approximate surface area is 150 Å². The number of nitrogens with one attached hydrogen (secondary N) is 1. The second-order valence-corrected chi connectivity index (χ2v) is 5.62. The van der Waals surface area contributed by atoms with Crippen LogP contribution in [-0.4, -0.2) is 29.7 Å². The van der Waals surface area contributed by atoms with E-state index in [9.17, 15) is 9.59 Å². The van der Waals surface area contributed by atoms with Gasteiger partial charge in [0.1, 0.15) is 11.5 Å². The molecule has 0 aliphatic heterocycles. The number of carbonyl (C=O) groups is 1. The molecular weight excluding hydrogens is 334 g/mol. The number of anilines is 1. The Bertz CT molecular complexity index is 997. The number of para-hydroxylation sites is 1. The SMILES string of the molecule is COc1ccc(NC(=O)CCn2cnc3ccccc3c2=O)c(OC)c1. The highest BCUT2D eigenvalue weighted by Crippen LogP contribution is 2.29. The molecule has 1 aromatic heterocycles. The molecule has 1 amide bonds. The summed E-state index contributed by atoms with van der Waals surface area (Å²) in [5.41, 5.74) is 1.02. The van der Waals surface area contributed by atoms with E-state index >= 15 is 0 Å². The maximum Gasteiger partial charge on any atom is 0.261 e. The molecule has 0 atom stereocenters. The molecule has 0 radical (unpaired) electrons. The number of methoxy groups -OCH3 is 2. The van der Waals surface area contributed by atoms with Crippen LogP contribution in [-0.2, 0) is 11.3 Å². The van der Waals surface area contributed by atoms with E-state index in [0.717, 1.165) is 0 Å². The third kappa shape index (κ3) is 3.66. The minimum absolute atomic E-state index is 0.134. The first-order valence-electron chi connectivity index (χ1n) is 8.08. The number of hydrogen-bond acceptors (Lipinski definition) is 5. The predicted molar refractivity (Wildman–Crippen MR) is 98.8 cm³/mol. The molecule has 0 aliphatic carbocycles. The molecule has 7 heteroatoms. The molecule has 0 saturated heterocycles. The van der Waals surface area contributed by atoms with Crippen molar-refractivity contribution in [3.63, 3.8) is 0 Å². The molecule has 0 bridgehead atoms. The largest absolute Gasteiger partial charge is 0.497 e. The lowest BCUT2D eigenvalue weighted by Gasteiger charge is -2.12. The summed E-state index contributed by atoms with van der Waals surface area (Å²) in [7, 11) is 3.08. The van der Waals surface area contributed by atoms with E-state index < -0.39 is 0 Å². The smallest absolute Gasteiger partial charge is 0.261 e. The maximum atomic E-state index is 12.4. The van der Waals surface area contributed by atoms with Crippen molar-refractivity contribution < 1.29 is 14.3 Å². The zero-order chi connectivity index (χ0) is 18.5. The van der Waals surface area contributed by atoms with Crippen molar-refractivity contribution in [2.24, 2.45) is 0 Å². The minimum atomic E-state index is -0.228. The fourth-order valence-electron chi connectivity index (χ4n) is 2.60. The summed E-state index contributed by atoms with van der Waals surface area (Å²) in [4.78, 5) is 28.9. The Morgan fingerprint density at radius 1 is 1.15 bits per heavy atom. The van der Waals surface area contributed by atoms with Crippen LogP contribution in [0.25, 0.3) is 10.9 Å². The summed E-state index contributed by atoms with van der Waals surface area (Å²) in [5, 5.41) is 3.32. The summed E-state index contributed by atoms with van der Waals surface area (Å²) in [6.07, 6.45) is 1.60. The molecule has 0 saturated carbocycles. The van der Waals surface area contributed by atoms with Crippen molar-refractivity contribution in [3.05, 3.63) is 59.1 Å². The molecule has 3 aromatic rings. The zero-order valence-electron chi connectivity index (χ0n) is 14.6. The predicted octanol–water partition coefficient (Wildman–Crippen LogP) is 2.44. The Morgan fingerprint density at radius 2 is 1.96 bits per heavy atom. The Morgan fingerprint density at radius 3 is 2.73 bits per heavy atom. The summed E-state index contributed by atoms with van der Waals surface area (Å²) < 4.78 is 11.8. The number of aryl methyl sites for hydroxylation is 1. The summed E-state index contributed by atoms with van der Waals surface area (Å²) in [5.74, 6) is 0.907. The van der Waals surface area contributed by atoms with Crippen LogP contribution in [0.2, 0.25) is 0 Å². The number of nitrogens with zero attached hydrogens (tertiary/aromatic N) is 2. The lowest BCUT2D eigenvalue weighted by atomic mass is 10.2. The minimum Gasteiger partial charge on any atom is -0.497 e. The number of aromatic nitrogens is 2. The molecule has 1 N–H and O–H groups in total. The van der Waals surface area contributed by atoms with Gasteiger partial charge in [0.05, 0.1) is 37.1 Å². The van der Waals surface area contributed by atoms with Gasteiger partial charge in [-0.25, -0.2) is 4.98 Å². The number of amides is 1. The van der Waals surface area contributed by atoms with Crippen molar-refractivity contribution in [1.29, 1.82) is 0 Å². The molecule has 0 spiro atoms. The van der Waals surface area contributed by atoms with Crippen LogP contribution < -0.4 is 20.3 Å². The highest BCUT2D eigenvalue weighted by Gasteiger charge is 2.10. The first kappa shape index (κ1) is 17.5. The molecule has 134 valence electrons. The molecular formula is C19H19N3O4. The molecule has 7 nitrogen and oxygen atoms in total. The van der Waals surface area contributed by atoms with Gasteiger partial charge in [0.2, 0.25) is 5.91 Å². The quantitative estimate of drug-likeness (QED) is 0.736. The lowest BCUT2D eigenvalue weighted by Crippen LogP contribution is -2.23. The van der Waals surface area contributed by atoms with E-state index in [2.05, 4.69) is 10.3 Å². The summed E-state index contributed by atoms with van der Waals surface area (Å²) in [6, 6.07) is 12.3. The Kier molecular flexibility index (Phi) is 5.17. The Hall–Kier alpha value is -3.35. The van der Waals surface area contributed by atoms with Gasteiger partial charge >= 0.3 is 0 Å². The van der Waals surface area contributed by atoms with Crippen LogP contribution in [0.1, 0.15) is 6.42 Å². The van der Waals surface area contributed by atoms with E-state index in [0.29, 0.717) is 28.1 Å². The van der Waals surface area contributed by atoms with E-state index in [1.807, 2.05) is 6.07 Å². The molecule has 0 unspecified atom stereocenters. The standard InChI is InChI=1S/C19H19N3O4/c1-25-13-7-8-16(17(11-13)26-2)21-18(23)9-10-22-12-20-15-6-4-3-5-14(15)19(22)24/h3-8,11-12H,9-10H2,1-2H3,(H,21,23). The monoisotopic (exact) mass is 353 g/mol. The third-order valence-electron chi connectivity index (χ3n) is 3.99. The van der Waals surface area contributed by atoms with E-state index in [-0.39, 0.29) is 24.4 Å². The second kappa shape index (κ2) is 7.69. The van der Waals surface area contributed by atoms with Gasteiger partial charge in [0, 0.05) is 19.0 Å². The van der Waals surface area contributed by atoms with Gasteiger partial charge in [-0.3, -0.25) is 14.2 Å². The van der Waals surface area contributed by atoms with Gasteiger partial charge in [-0.05, 0) is 24.3 Å². The molecule has 2 aromatic carbocycles. The van der Waals surface area contributed by atoms with Gasteiger partial charge in [-0.2, -0.15) is 0 Å². The highest BCUT2D eigenvalue weighted by molar-refractivity contribution is 5.92. The van der Waals surface area contributed by atoms with Crippen molar-refractivity contribution in [2.75, 3.05) is 19.5 Å². The highest BCUT2D eigenvalue weighted by atomic mass is 16.5. The lowest BCUT2D eigenvalue weighted by molar-refractivity contribution is -0.116. The van der Waals surface area contributed by atoms with Crippen LogP contribution in [0.5, 0.6) is 11.5 Å². The first-order valence-corrected chi connectivity index (χ1v) is 8.08. The molecule has 0 fully saturated rings. The second-order valence-electron chi connectivity index (χ2n) is 5.62. The Balaban J connectivity index is 1.70. The van der Waals surface area contributed by atoms with Crippen molar-refractivity contribution in [2.45, 2.75) is 13.0 Å². The van der Waals surface area contributed by atoms with Gasteiger partial charge in [-0.1, -0.05) is 12.1 Å². The number of fused-ring (bicyclic) bond motifs is 1. The summed E-state index contributed by atoms with van der Waals surface area (Å²) in [6.45, 7) is 0.237. The number of hydrogen-bond donors (Lipinski definition) is 1. The molecule has 0 aliphatic rings. The van der Waals surface area contributed by atoms with Gasteiger partial charge in [0.25, 0.3) is 5.56 Å². The number of carbonyl (C=O) groups excluding carboxylic acids is 1.